The monoisotopic (exact) mass is 394 g/mol. The van der Waals surface area contributed by atoms with Crippen LogP contribution >= 0.6 is 11.3 Å². The van der Waals surface area contributed by atoms with Crippen LogP contribution in [0.3, 0.4) is 0 Å². The Bertz CT molecular complexity index is 935. The third-order valence-electron chi connectivity index (χ3n) is 4.61. The van der Waals surface area contributed by atoms with Gasteiger partial charge in [-0.1, -0.05) is 30.3 Å². The topological polar surface area (TPSA) is 67.4 Å². The molecule has 1 aliphatic heterocycles. The van der Waals surface area contributed by atoms with Gasteiger partial charge in [-0.15, -0.1) is 11.3 Å². The number of ether oxygens (including phenoxy) is 1. The number of aromatic nitrogens is 2. The van der Waals surface area contributed by atoms with Crippen molar-refractivity contribution >= 4 is 28.7 Å². The minimum absolute atomic E-state index is 0.166. The number of hydrogen-bond donors (Lipinski definition) is 1. The molecule has 6 nitrogen and oxygen atoms in total. The van der Waals surface area contributed by atoms with Crippen molar-refractivity contribution in [3.05, 3.63) is 69.8 Å². The van der Waals surface area contributed by atoms with Crippen molar-refractivity contribution in [3.63, 3.8) is 0 Å². The lowest BCUT2D eigenvalue weighted by Gasteiger charge is -2.28. The second kappa shape index (κ2) is 8.50. The van der Waals surface area contributed by atoms with Gasteiger partial charge in [0.2, 0.25) is 0 Å². The third-order valence-corrected chi connectivity index (χ3v) is 5.77. The second-order valence-corrected chi connectivity index (χ2v) is 7.72. The minimum Gasteiger partial charge on any atom is -0.378 e. The number of nitrogens with one attached hydrogen (secondary N) is 1. The summed E-state index contributed by atoms with van der Waals surface area (Å²) >= 11 is 1.43. The molecule has 1 saturated heterocycles. The van der Waals surface area contributed by atoms with Crippen molar-refractivity contribution in [2.45, 2.75) is 13.3 Å². The Kier molecular flexibility index (Phi) is 5.64. The second-order valence-electron chi connectivity index (χ2n) is 6.64. The maximum Gasteiger partial charge on any atom is 0.268 e. The van der Waals surface area contributed by atoms with Gasteiger partial charge in [-0.05, 0) is 24.6 Å². The molecule has 0 saturated carbocycles. The molecule has 1 aromatic carbocycles. The molecule has 3 aromatic rings. The molecule has 0 unspecified atom stereocenters. The van der Waals surface area contributed by atoms with E-state index in [0.717, 1.165) is 49.1 Å². The number of carbonyl (C=O) groups is 1. The van der Waals surface area contributed by atoms with Crippen LogP contribution in [0.5, 0.6) is 0 Å². The molecule has 1 aliphatic rings. The first-order valence-electron chi connectivity index (χ1n) is 9.29. The van der Waals surface area contributed by atoms with Crippen LogP contribution in [0, 0.1) is 6.92 Å². The maximum absolute atomic E-state index is 12.7. The van der Waals surface area contributed by atoms with Crippen molar-refractivity contribution < 1.29 is 9.53 Å². The predicted octanol–water partition coefficient (Wildman–Crippen LogP) is 3.53. The van der Waals surface area contributed by atoms with Gasteiger partial charge in [-0.2, -0.15) is 0 Å². The van der Waals surface area contributed by atoms with Crippen molar-refractivity contribution in [2.24, 2.45) is 0 Å². The third kappa shape index (κ3) is 4.37. The van der Waals surface area contributed by atoms with Crippen LogP contribution in [-0.2, 0) is 11.2 Å². The van der Waals surface area contributed by atoms with Gasteiger partial charge in [-0.3, -0.25) is 4.79 Å². The van der Waals surface area contributed by atoms with E-state index in [2.05, 4.69) is 32.3 Å². The Balaban J connectivity index is 1.42. The Hall–Kier alpha value is -2.77. The lowest BCUT2D eigenvalue weighted by Crippen LogP contribution is -2.36. The van der Waals surface area contributed by atoms with Gasteiger partial charge < -0.3 is 15.0 Å². The van der Waals surface area contributed by atoms with Crippen LogP contribution in [0.4, 0.5) is 11.5 Å². The first-order valence-corrected chi connectivity index (χ1v) is 10.1. The van der Waals surface area contributed by atoms with Crippen LogP contribution in [0.1, 0.15) is 25.9 Å². The van der Waals surface area contributed by atoms with Gasteiger partial charge >= 0.3 is 0 Å². The fraction of sp³-hybridized carbons (Fsp3) is 0.286. The van der Waals surface area contributed by atoms with Gasteiger partial charge in [0, 0.05) is 19.5 Å². The Morgan fingerprint density at radius 3 is 2.68 bits per heavy atom. The van der Waals surface area contributed by atoms with Crippen LogP contribution in [0.25, 0.3) is 0 Å². The predicted molar refractivity (Wildman–Crippen MR) is 111 cm³/mol. The van der Waals surface area contributed by atoms with Gasteiger partial charge in [-0.25, -0.2) is 9.97 Å². The highest BCUT2D eigenvalue weighted by Crippen LogP contribution is 2.22. The quantitative estimate of drug-likeness (QED) is 0.717. The molecular weight excluding hydrogens is 372 g/mol. The van der Waals surface area contributed by atoms with Gasteiger partial charge in [0.25, 0.3) is 5.91 Å². The average molecular weight is 395 g/mol. The summed E-state index contributed by atoms with van der Waals surface area (Å²) < 4.78 is 5.37. The molecule has 4 rings (SSSR count). The smallest absolute Gasteiger partial charge is 0.268 e. The summed E-state index contributed by atoms with van der Waals surface area (Å²) in [6.45, 7) is 5.05. The molecule has 0 radical (unpaired) electrons. The number of thiazole rings is 1. The van der Waals surface area contributed by atoms with E-state index in [4.69, 9.17) is 4.74 Å². The zero-order valence-corrected chi connectivity index (χ0v) is 16.5. The largest absolute Gasteiger partial charge is 0.378 e. The molecular formula is C21H22N4O2S. The van der Waals surface area contributed by atoms with E-state index < -0.39 is 0 Å². The molecule has 0 spiro atoms. The normalized spacial score (nSPS) is 14.1. The number of morpholine rings is 1. The van der Waals surface area contributed by atoms with Crippen molar-refractivity contribution in [3.8, 4) is 0 Å². The van der Waals surface area contributed by atoms with E-state index in [9.17, 15) is 4.79 Å². The van der Waals surface area contributed by atoms with Crippen molar-refractivity contribution in [1.29, 1.82) is 0 Å². The van der Waals surface area contributed by atoms with E-state index in [-0.39, 0.29) is 5.91 Å². The highest BCUT2D eigenvalue weighted by molar-refractivity contribution is 7.14. The summed E-state index contributed by atoms with van der Waals surface area (Å²) in [4.78, 5) is 24.5. The van der Waals surface area contributed by atoms with E-state index >= 15 is 0 Å². The number of anilines is 2. The molecule has 1 fully saturated rings. The van der Waals surface area contributed by atoms with Crippen molar-refractivity contribution in [2.75, 3.05) is 36.5 Å². The highest BCUT2D eigenvalue weighted by Gasteiger charge is 2.17. The number of aryl methyl sites for hydroxylation is 1. The average Bonchev–Trinajstić information content (AvgIpc) is 3.10. The van der Waals surface area contributed by atoms with E-state index in [1.165, 1.54) is 16.9 Å². The summed E-state index contributed by atoms with van der Waals surface area (Å²) in [6.07, 6.45) is 2.52. The number of pyridine rings is 1. The van der Waals surface area contributed by atoms with E-state index in [1.54, 1.807) is 6.20 Å². The first-order chi connectivity index (χ1) is 13.7. The summed E-state index contributed by atoms with van der Waals surface area (Å²) in [5, 5.41) is 3.82. The van der Waals surface area contributed by atoms with Gasteiger partial charge in [0.1, 0.15) is 10.7 Å². The number of rotatable bonds is 5. The molecule has 0 aliphatic carbocycles. The summed E-state index contributed by atoms with van der Waals surface area (Å²) in [7, 11) is 0. The van der Waals surface area contributed by atoms with Gasteiger partial charge in [0.15, 0.2) is 0 Å². The van der Waals surface area contributed by atoms with Crippen molar-refractivity contribution in [1.82, 2.24) is 9.97 Å². The molecule has 144 valence electrons. The lowest BCUT2D eigenvalue weighted by molar-refractivity contribution is 0.102. The van der Waals surface area contributed by atoms with Crippen LogP contribution < -0.4 is 10.2 Å². The Labute approximate surface area is 168 Å². The number of benzene rings is 1. The molecule has 3 heterocycles. The van der Waals surface area contributed by atoms with Crippen LogP contribution in [-0.4, -0.2) is 42.2 Å². The van der Waals surface area contributed by atoms with Crippen LogP contribution in [0.2, 0.25) is 0 Å². The number of nitrogens with zero attached hydrogens (tertiary/aromatic N) is 3. The highest BCUT2D eigenvalue weighted by atomic mass is 32.1. The molecule has 28 heavy (non-hydrogen) atoms. The zero-order chi connectivity index (χ0) is 19.3. The summed E-state index contributed by atoms with van der Waals surface area (Å²) in [5.74, 6) is 0.375. The zero-order valence-electron chi connectivity index (χ0n) is 15.7. The van der Waals surface area contributed by atoms with Gasteiger partial charge in [0.05, 0.1) is 35.8 Å². The molecule has 1 amide bonds. The fourth-order valence-corrected chi connectivity index (χ4v) is 4.14. The standard InChI is InChI=1S/C21H22N4O2S/c1-15-20(28-19(23-15)13-16-5-3-2-4-6-16)21(26)24-18-8-7-17(14-22-18)25-9-11-27-12-10-25/h2-8,14H,9-13H2,1H3,(H,22,24,26). The molecule has 0 bridgehead atoms. The molecule has 2 aromatic heterocycles. The fourth-order valence-electron chi connectivity index (χ4n) is 3.15. The lowest BCUT2D eigenvalue weighted by atomic mass is 10.2. The van der Waals surface area contributed by atoms with E-state index in [1.807, 2.05) is 37.3 Å². The SMILES string of the molecule is Cc1nc(Cc2ccccc2)sc1C(=O)Nc1ccc(N2CCOCC2)cn1. The molecule has 0 atom stereocenters. The minimum atomic E-state index is -0.166. The number of hydrogen-bond acceptors (Lipinski definition) is 6. The maximum atomic E-state index is 12.7. The Morgan fingerprint density at radius 1 is 1.18 bits per heavy atom. The summed E-state index contributed by atoms with van der Waals surface area (Å²) in [6, 6.07) is 14.0. The Morgan fingerprint density at radius 2 is 1.96 bits per heavy atom. The molecule has 1 N–H and O–H groups in total. The van der Waals surface area contributed by atoms with E-state index in [0.29, 0.717) is 10.7 Å². The van der Waals surface area contributed by atoms with Crippen LogP contribution in [0.15, 0.2) is 48.7 Å². The first kappa shape index (κ1) is 18.6. The number of amides is 1. The summed E-state index contributed by atoms with van der Waals surface area (Å²) in [5.41, 5.74) is 2.97. The molecule has 7 heteroatoms. The number of carbonyl (C=O) groups excluding carboxylic acids is 1.